The van der Waals surface area contributed by atoms with E-state index in [1.807, 2.05) is 4.90 Å². The van der Waals surface area contributed by atoms with Crippen molar-refractivity contribution in [2.75, 3.05) is 19.6 Å². The SMILES string of the molecule is Cc1ccc(C2CCN(CC(=O)O)CC2)cc1C. The minimum absolute atomic E-state index is 0.180. The zero-order chi connectivity index (χ0) is 13.1. The summed E-state index contributed by atoms with van der Waals surface area (Å²) in [6.45, 7) is 6.25. The van der Waals surface area contributed by atoms with Crippen LogP contribution in [-0.4, -0.2) is 35.6 Å². The molecule has 2 rings (SSSR count). The fraction of sp³-hybridized carbons (Fsp3) is 0.533. The average Bonchev–Trinajstić information content (AvgIpc) is 2.33. The average molecular weight is 247 g/mol. The minimum Gasteiger partial charge on any atom is -0.480 e. The molecule has 1 aromatic carbocycles. The quantitative estimate of drug-likeness (QED) is 0.892. The zero-order valence-corrected chi connectivity index (χ0v) is 11.1. The van der Waals surface area contributed by atoms with Gasteiger partial charge in [-0.1, -0.05) is 18.2 Å². The molecule has 0 spiro atoms. The van der Waals surface area contributed by atoms with Crippen LogP contribution in [0.3, 0.4) is 0 Å². The number of carbonyl (C=O) groups is 1. The Bertz CT molecular complexity index is 434. The van der Waals surface area contributed by atoms with Crippen molar-refractivity contribution in [3.63, 3.8) is 0 Å². The summed E-state index contributed by atoms with van der Waals surface area (Å²) in [6, 6.07) is 6.70. The molecule has 0 bridgehead atoms. The molecule has 0 unspecified atom stereocenters. The molecule has 1 aliphatic heterocycles. The topological polar surface area (TPSA) is 40.5 Å². The van der Waals surface area contributed by atoms with Crippen LogP contribution in [0.5, 0.6) is 0 Å². The van der Waals surface area contributed by atoms with Gasteiger partial charge < -0.3 is 5.11 Å². The van der Waals surface area contributed by atoms with Crippen LogP contribution in [0.4, 0.5) is 0 Å². The molecule has 18 heavy (non-hydrogen) atoms. The molecule has 0 aliphatic carbocycles. The Labute approximate surface area is 108 Å². The number of piperidine rings is 1. The first-order chi connectivity index (χ1) is 8.56. The van der Waals surface area contributed by atoms with Crippen molar-refractivity contribution in [2.24, 2.45) is 0 Å². The Balaban J connectivity index is 1.96. The van der Waals surface area contributed by atoms with Crippen LogP contribution in [0, 0.1) is 13.8 Å². The van der Waals surface area contributed by atoms with E-state index in [9.17, 15) is 4.79 Å². The van der Waals surface area contributed by atoms with E-state index in [-0.39, 0.29) is 6.54 Å². The Morgan fingerprint density at radius 2 is 1.94 bits per heavy atom. The maximum absolute atomic E-state index is 10.7. The molecule has 3 heteroatoms. The number of nitrogens with zero attached hydrogens (tertiary/aromatic N) is 1. The van der Waals surface area contributed by atoms with Gasteiger partial charge in [-0.25, -0.2) is 0 Å². The highest BCUT2D eigenvalue weighted by molar-refractivity contribution is 5.69. The standard InChI is InChI=1S/C15H21NO2/c1-11-3-4-14(9-12(11)2)13-5-7-16(8-6-13)10-15(17)18/h3-4,9,13H,5-8,10H2,1-2H3,(H,17,18). The van der Waals surface area contributed by atoms with E-state index in [0.717, 1.165) is 25.9 Å². The van der Waals surface area contributed by atoms with Gasteiger partial charge in [0.05, 0.1) is 6.54 Å². The lowest BCUT2D eigenvalue weighted by Gasteiger charge is -2.31. The number of hydrogen-bond acceptors (Lipinski definition) is 2. The normalized spacial score (nSPS) is 17.9. The number of benzene rings is 1. The lowest BCUT2D eigenvalue weighted by molar-refractivity contribution is -0.138. The third kappa shape index (κ3) is 3.10. The first-order valence-corrected chi connectivity index (χ1v) is 6.57. The monoisotopic (exact) mass is 247 g/mol. The number of hydrogen-bond donors (Lipinski definition) is 1. The third-order valence-electron chi connectivity index (χ3n) is 3.95. The van der Waals surface area contributed by atoms with Crippen molar-refractivity contribution in [2.45, 2.75) is 32.6 Å². The van der Waals surface area contributed by atoms with Gasteiger partial charge >= 0.3 is 5.97 Å². The molecular weight excluding hydrogens is 226 g/mol. The number of rotatable bonds is 3. The van der Waals surface area contributed by atoms with Gasteiger partial charge in [-0.2, -0.15) is 0 Å². The summed E-state index contributed by atoms with van der Waals surface area (Å²) in [5, 5.41) is 8.77. The van der Waals surface area contributed by atoms with E-state index in [0.29, 0.717) is 5.92 Å². The van der Waals surface area contributed by atoms with Crippen LogP contribution in [0.15, 0.2) is 18.2 Å². The molecule has 98 valence electrons. The molecule has 0 amide bonds. The van der Waals surface area contributed by atoms with Gasteiger partial charge in [-0.15, -0.1) is 0 Å². The number of aryl methyl sites for hydroxylation is 2. The Hall–Kier alpha value is -1.35. The molecular formula is C15H21NO2. The summed E-state index contributed by atoms with van der Waals surface area (Å²) in [4.78, 5) is 12.7. The Kier molecular flexibility index (Phi) is 4.02. The van der Waals surface area contributed by atoms with Crippen LogP contribution >= 0.6 is 0 Å². The van der Waals surface area contributed by atoms with E-state index in [1.165, 1.54) is 16.7 Å². The van der Waals surface area contributed by atoms with Crippen molar-refractivity contribution in [1.29, 1.82) is 0 Å². The molecule has 1 aliphatic rings. The van der Waals surface area contributed by atoms with Gasteiger partial charge in [-0.3, -0.25) is 9.69 Å². The first kappa shape index (κ1) is 13.1. The summed E-state index contributed by atoms with van der Waals surface area (Å²) >= 11 is 0. The molecule has 1 N–H and O–H groups in total. The van der Waals surface area contributed by atoms with Gasteiger partial charge in [-0.05, 0) is 62.4 Å². The van der Waals surface area contributed by atoms with Crippen molar-refractivity contribution in [3.05, 3.63) is 34.9 Å². The highest BCUT2D eigenvalue weighted by atomic mass is 16.4. The lowest BCUT2D eigenvalue weighted by atomic mass is 9.88. The first-order valence-electron chi connectivity index (χ1n) is 6.57. The molecule has 0 saturated carbocycles. The predicted octanol–water partition coefficient (Wildman–Crippen LogP) is 2.57. The maximum Gasteiger partial charge on any atom is 0.317 e. The minimum atomic E-state index is -0.723. The molecule has 1 saturated heterocycles. The van der Waals surface area contributed by atoms with E-state index in [4.69, 9.17) is 5.11 Å². The molecule has 1 fully saturated rings. The predicted molar refractivity (Wildman–Crippen MR) is 72.0 cm³/mol. The van der Waals surface area contributed by atoms with Gasteiger partial charge in [0.1, 0.15) is 0 Å². The van der Waals surface area contributed by atoms with E-state index < -0.39 is 5.97 Å². The highest BCUT2D eigenvalue weighted by Crippen LogP contribution is 2.29. The number of likely N-dealkylation sites (tertiary alicyclic amines) is 1. The fourth-order valence-corrected chi connectivity index (χ4v) is 2.63. The van der Waals surface area contributed by atoms with Crippen LogP contribution < -0.4 is 0 Å². The molecule has 3 nitrogen and oxygen atoms in total. The Morgan fingerprint density at radius 1 is 1.28 bits per heavy atom. The van der Waals surface area contributed by atoms with Gasteiger partial charge in [0.15, 0.2) is 0 Å². The maximum atomic E-state index is 10.7. The van der Waals surface area contributed by atoms with Gasteiger partial charge in [0.25, 0.3) is 0 Å². The largest absolute Gasteiger partial charge is 0.480 e. The number of carboxylic acids is 1. The zero-order valence-electron chi connectivity index (χ0n) is 11.1. The second kappa shape index (κ2) is 5.53. The summed E-state index contributed by atoms with van der Waals surface area (Å²) in [7, 11) is 0. The van der Waals surface area contributed by atoms with Crippen molar-refractivity contribution in [3.8, 4) is 0 Å². The second-order valence-electron chi connectivity index (χ2n) is 5.29. The Morgan fingerprint density at radius 3 is 2.50 bits per heavy atom. The molecule has 1 aromatic rings. The summed E-state index contributed by atoms with van der Waals surface area (Å²) in [6.07, 6.45) is 2.13. The lowest BCUT2D eigenvalue weighted by Crippen LogP contribution is -2.36. The van der Waals surface area contributed by atoms with Crippen LogP contribution in [-0.2, 0) is 4.79 Å². The summed E-state index contributed by atoms with van der Waals surface area (Å²) < 4.78 is 0. The van der Waals surface area contributed by atoms with E-state index >= 15 is 0 Å². The van der Waals surface area contributed by atoms with Crippen LogP contribution in [0.1, 0.15) is 35.4 Å². The number of aliphatic carboxylic acids is 1. The van der Waals surface area contributed by atoms with Crippen LogP contribution in [0.2, 0.25) is 0 Å². The molecule has 1 heterocycles. The molecule has 0 aromatic heterocycles. The van der Waals surface area contributed by atoms with Gasteiger partial charge in [0, 0.05) is 0 Å². The third-order valence-corrected chi connectivity index (χ3v) is 3.95. The van der Waals surface area contributed by atoms with Crippen molar-refractivity contribution < 1.29 is 9.90 Å². The van der Waals surface area contributed by atoms with Crippen molar-refractivity contribution in [1.82, 2.24) is 4.90 Å². The number of carboxylic acid groups (broad SMARTS) is 1. The highest BCUT2D eigenvalue weighted by Gasteiger charge is 2.21. The summed E-state index contributed by atoms with van der Waals surface area (Å²) in [5.41, 5.74) is 4.09. The van der Waals surface area contributed by atoms with Gasteiger partial charge in [0.2, 0.25) is 0 Å². The van der Waals surface area contributed by atoms with E-state index in [1.54, 1.807) is 0 Å². The van der Waals surface area contributed by atoms with Crippen molar-refractivity contribution >= 4 is 5.97 Å². The molecule has 0 radical (unpaired) electrons. The smallest absolute Gasteiger partial charge is 0.317 e. The van der Waals surface area contributed by atoms with E-state index in [2.05, 4.69) is 32.0 Å². The second-order valence-corrected chi connectivity index (χ2v) is 5.29. The molecule has 0 atom stereocenters. The summed E-state index contributed by atoms with van der Waals surface area (Å²) in [5.74, 6) is -0.131. The fourth-order valence-electron chi connectivity index (χ4n) is 2.63. The van der Waals surface area contributed by atoms with Crippen LogP contribution in [0.25, 0.3) is 0 Å².